The number of hydrogen-bond acceptors (Lipinski definition) is 3. The van der Waals surface area contributed by atoms with Gasteiger partial charge in [-0.15, -0.1) is 5.10 Å². The minimum atomic E-state index is -1.13. The highest BCUT2D eigenvalue weighted by Gasteiger charge is 2.32. The Balaban J connectivity index is 2.52. The number of carbonyl (C=O) groups is 1. The molecule has 0 fully saturated rings. The number of benzene rings is 1. The number of hydrogen-bond donors (Lipinski definition) is 1. The minimum Gasteiger partial charge on any atom is -0.479 e. The molecule has 0 radical (unpaired) electrons. The molecule has 1 aromatic heterocycles. The lowest BCUT2D eigenvalue weighted by molar-refractivity contribution is -0.146. The number of aliphatic carboxylic acids is 1. The van der Waals surface area contributed by atoms with Crippen LogP contribution in [0, 0.1) is 6.92 Å². The van der Waals surface area contributed by atoms with Crippen molar-refractivity contribution in [3.05, 3.63) is 36.0 Å². The molecule has 0 aliphatic heterocycles. The first-order valence-corrected chi connectivity index (χ1v) is 5.64. The van der Waals surface area contributed by atoms with Crippen LogP contribution >= 0.6 is 0 Å². The largest absolute Gasteiger partial charge is 0.479 e. The molecular weight excluding hydrogens is 230 g/mol. The SMILES string of the molecule is Cc1ccc(-c2cnnn2C(C)(C)C(=O)O)cc1. The van der Waals surface area contributed by atoms with E-state index in [9.17, 15) is 9.90 Å². The molecule has 94 valence electrons. The number of nitrogens with zero attached hydrogens (tertiary/aromatic N) is 3. The smallest absolute Gasteiger partial charge is 0.331 e. The van der Waals surface area contributed by atoms with Crippen LogP contribution in [0.5, 0.6) is 0 Å². The summed E-state index contributed by atoms with van der Waals surface area (Å²) < 4.78 is 1.43. The number of aryl methyl sites for hydroxylation is 1. The van der Waals surface area contributed by atoms with Crippen molar-refractivity contribution in [2.45, 2.75) is 26.3 Å². The summed E-state index contributed by atoms with van der Waals surface area (Å²) in [6.45, 7) is 5.20. The maximum atomic E-state index is 11.3. The van der Waals surface area contributed by atoms with E-state index in [0.29, 0.717) is 5.69 Å². The molecule has 0 saturated carbocycles. The Bertz CT molecular complexity index is 570. The molecule has 2 aromatic rings. The molecule has 0 aliphatic rings. The highest BCUT2D eigenvalue weighted by Crippen LogP contribution is 2.24. The van der Waals surface area contributed by atoms with Crippen molar-refractivity contribution in [2.75, 3.05) is 0 Å². The fraction of sp³-hybridized carbons (Fsp3) is 0.308. The van der Waals surface area contributed by atoms with Gasteiger partial charge in [0, 0.05) is 5.56 Å². The van der Waals surface area contributed by atoms with E-state index < -0.39 is 11.5 Å². The average molecular weight is 245 g/mol. The summed E-state index contributed by atoms with van der Waals surface area (Å²) in [6.07, 6.45) is 1.58. The number of rotatable bonds is 3. The summed E-state index contributed by atoms with van der Waals surface area (Å²) in [5, 5.41) is 17.0. The van der Waals surface area contributed by atoms with Crippen LogP contribution in [0.15, 0.2) is 30.5 Å². The third kappa shape index (κ3) is 1.99. The van der Waals surface area contributed by atoms with Gasteiger partial charge >= 0.3 is 5.97 Å². The van der Waals surface area contributed by atoms with E-state index in [4.69, 9.17) is 0 Å². The molecule has 18 heavy (non-hydrogen) atoms. The minimum absolute atomic E-state index is 0.697. The molecule has 2 rings (SSSR count). The third-order valence-electron chi connectivity index (χ3n) is 2.95. The summed E-state index contributed by atoms with van der Waals surface area (Å²) in [7, 11) is 0. The van der Waals surface area contributed by atoms with Crippen LogP contribution in [-0.2, 0) is 10.3 Å². The summed E-state index contributed by atoms with van der Waals surface area (Å²) in [5.74, 6) is -0.943. The predicted molar refractivity (Wildman–Crippen MR) is 67.2 cm³/mol. The van der Waals surface area contributed by atoms with Crippen molar-refractivity contribution in [2.24, 2.45) is 0 Å². The summed E-state index contributed by atoms with van der Waals surface area (Å²) in [4.78, 5) is 11.3. The van der Waals surface area contributed by atoms with E-state index in [1.165, 1.54) is 4.68 Å². The van der Waals surface area contributed by atoms with Gasteiger partial charge < -0.3 is 5.11 Å². The Morgan fingerprint density at radius 3 is 2.44 bits per heavy atom. The van der Waals surface area contributed by atoms with Crippen molar-refractivity contribution >= 4 is 5.97 Å². The Morgan fingerprint density at radius 1 is 1.28 bits per heavy atom. The molecular formula is C13H15N3O2. The van der Waals surface area contributed by atoms with E-state index in [2.05, 4.69) is 10.3 Å². The Labute approximate surface area is 105 Å². The molecule has 0 spiro atoms. The van der Waals surface area contributed by atoms with E-state index >= 15 is 0 Å². The number of carboxylic acids is 1. The summed E-state index contributed by atoms with van der Waals surface area (Å²) >= 11 is 0. The summed E-state index contributed by atoms with van der Waals surface area (Å²) in [6, 6.07) is 7.81. The van der Waals surface area contributed by atoms with Crippen molar-refractivity contribution in [3.8, 4) is 11.3 Å². The standard InChI is InChI=1S/C13H15N3O2/c1-9-4-6-10(7-5-9)11-8-14-15-16(11)13(2,3)12(17)18/h4-8H,1-3H3,(H,17,18). The van der Waals surface area contributed by atoms with Crippen LogP contribution < -0.4 is 0 Å². The zero-order valence-electron chi connectivity index (χ0n) is 10.6. The molecule has 0 atom stereocenters. The zero-order valence-corrected chi connectivity index (χ0v) is 10.6. The van der Waals surface area contributed by atoms with E-state index in [0.717, 1.165) is 11.1 Å². The Kier molecular flexibility index (Phi) is 2.90. The quantitative estimate of drug-likeness (QED) is 0.898. The third-order valence-corrected chi connectivity index (χ3v) is 2.95. The molecule has 0 bridgehead atoms. The molecule has 0 unspecified atom stereocenters. The molecule has 0 aliphatic carbocycles. The molecule has 1 aromatic carbocycles. The van der Waals surface area contributed by atoms with Gasteiger partial charge in [0.1, 0.15) is 0 Å². The predicted octanol–water partition coefficient (Wildman–Crippen LogP) is 2.07. The van der Waals surface area contributed by atoms with Gasteiger partial charge in [-0.05, 0) is 20.8 Å². The molecule has 1 heterocycles. The second-order valence-corrected chi connectivity index (χ2v) is 4.76. The maximum Gasteiger partial charge on any atom is 0.331 e. The van der Waals surface area contributed by atoms with Crippen LogP contribution in [0.4, 0.5) is 0 Å². The normalized spacial score (nSPS) is 11.5. The first-order chi connectivity index (χ1) is 8.43. The molecule has 5 nitrogen and oxygen atoms in total. The highest BCUT2D eigenvalue weighted by molar-refractivity contribution is 5.76. The lowest BCUT2D eigenvalue weighted by Gasteiger charge is -2.21. The van der Waals surface area contributed by atoms with Crippen LogP contribution in [-0.4, -0.2) is 26.1 Å². The van der Waals surface area contributed by atoms with E-state index in [-0.39, 0.29) is 0 Å². The van der Waals surface area contributed by atoms with Crippen LogP contribution in [0.1, 0.15) is 19.4 Å². The monoisotopic (exact) mass is 245 g/mol. The number of carboxylic acid groups (broad SMARTS) is 1. The van der Waals surface area contributed by atoms with Crippen LogP contribution in [0.25, 0.3) is 11.3 Å². The topological polar surface area (TPSA) is 68.0 Å². The molecule has 5 heteroatoms. The van der Waals surface area contributed by atoms with Crippen LogP contribution in [0.3, 0.4) is 0 Å². The van der Waals surface area contributed by atoms with E-state index in [1.54, 1.807) is 20.0 Å². The maximum absolute atomic E-state index is 11.3. The van der Waals surface area contributed by atoms with Gasteiger partial charge in [-0.25, -0.2) is 9.48 Å². The lowest BCUT2D eigenvalue weighted by atomic mass is 10.0. The molecule has 1 N–H and O–H groups in total. The van der Waals surface area contributed by atoms with Crippen molar-refractivity contribution < 1.29 is 9.90 Å². The first kappa shape index (κ1) is 12.3. The van der Waals surface area contributed by atoms with Gasteiger partial charge in [0.05, 0.1) is 11.9 Å². The lowest BCUT2D eigenvalue weighted by Crippen LogP contribution is -2.37. The van der Waals surface area contributed by atoms with Gasteiger partial charge in [0.15, 0.2) is 5.54 Å². The Hall–Kier alpha value is -2.17. The van der Waals surface area contributed by atoms with Gasteiger partial charge in [-0.3, -0.25) is 0 Å². The van der Waals surface area contributed by atoms with E-state index in [1.807, 2.05) is 31.2 Å². The van der Waals surface area contributed by atoms with Gasteiger partial charge in [0.25, 0.3) is 0 Å². The van der Waals surface area contributed by atoms with Crippen molar-refractivity contribution in [1.82, 2.24) is 15.0 Å². The van der Waals surface area contributed by atoms with Gasteiger partial charge in [0.2, 0.25) is 0 Å². The van der Waals surface area contributed by atoms with Crippen molar-refractivity contribution in [3.63, 3.8) is 0 Å². The number of aromatic nitrogens is 3. The highest BCUT2D eigenvalue weighted by atomic mass is 16.4. The average Bonchev–Trinajstić information content (AvgIpc) is 2.79. The van der Waals surface area contributed by atoms with Gasteiger partial charge in [-0.2, -0.15) is 0 Å². The fourth-order valence-corrected chi connectivity index (χ4v) is 1.66. The van der Waals surface area contributed by atoms with Gasteiger partial charge in [-0.1, -0.05) is 35.0 Å². The summed E-state index contributed by atoms with van der Waals surface area (Å²) in [5.41, 5.74) is 1.62. The Morgan fingerprint density at radius 2 is 1.89 bits per heavy atom. The van der Waals surface area contributed by atoms with Crippen LogP contribution in [0.2, 0.25) is 0 Å². The van der Waals surface area contributed by atoms with Crippen molar-refractivity contribution in [1.29, 1.82) is 0 Å². The second kappa shape index (κ2) is 4.25. The first-order valence-electron chi connectivity index (χ1n) is 5.64. The molecule has 0 amide bonds. The molecule has 0 saturated heterocycles. The zero-order chi connectivity index (χ0) is 13.3. The fourth-order valence-electron chi connectivity index (χ4n) is 1.66. The second-order valence-electron chi connectivity index (χ2n) is 4.76.